The summed E-state index contributed by atoms with van der Waals surface area (Å²) >= 11 is 0. The number of furan rings is 1. The molecule has 2 aromatic carbocycles. The summed E-state index contributed by atoms with van der Waals surface area (Å²) in [7, 11) is 1.60. The van der Waals surface area contributed by atoms with Crippen LogP contribution in [0.2, 0.25) is 0 Å². The highest BCUT2D eigenvalue weighted by molar-refractivity contribution is 5.88. The maximum Gasteiger partial charge on any atom is 0.322 e. The van der Waals surface area contributed by atoms with Gasteiger partial charge < -0.3 is 13.6 Å². The molecule has 0 atom stereocenters. The molecule has 29 heavy (non-hydrogen) atoms. The number of hydrogen-bond acceptors (Lipinski definition) is 6. The van der Waals surface area contributed by atoms with E-state index in [9.17, 15) is 4.79 Å². The lowest BCUT2D eigenvalue weighted by Gasteiger charge is -2.00. The van der Waals surface area contributed by atoms with Gasteiger partial charge in [0.25, 0.3) is 0 Å². The Morgan fingerprint density at radius 3 is 2.48 bits per heavy atom. The van der Waals surface area contributed by atoms with E-state index < -0.39 is 0 Å². The number of amides is 1. The van der Waals surface area contributed by atoms with E-state index >= 15 is 0 Å². The Morgan fingerprint density at radius 2 is 1.72 bits per heavy atom. The molecule has 0 aliphatic heterocycles. The molecule has 1 N–H and O–H groups in total. The summed E-state index contributed by atoms with van der Waals surface area (Å²) in [5.74, 6) is 2.34. The average molecular weight is 389 g/mol. The lowest BCUT2D eigenvalue weighted by molar-refractivity contribution is -0.116. The van der Waals surface area contributed by atoms with Gasteiger partial charge in [0.1, 0.15) is 17.3 Å². The second-order valence-electron chi connectivity index (χ2n) is 6.32. The van der Waals surface area contributed by atoms with Crippen molar-refractivity contribution in [3.05, 3.63) is 72.5 Å². The Kier molecular flexibility index (Phi) is 5.38. The Bertz CT molecular complexity index is 1080. The molecule has 0 aliphatic carbocycles. The van der Waals surface area contributed by atoms with Gasteiger partial charge in [-0.2, -0.15) is 0 Å². The number of ether oxygens (including phenoxy) is 1. The third-order valence-corrected chi connectivity index (χ3v) is 4.33. The average Bonchev–Trinajstić information content (AvgIpc) is 3.43. The Hall–Kier alpha value is -3.87. The quantitative estimate of drug-likeness (QED) is 0.498. The first-order chi connectivity index (χ1) is 14.2. The number of carbonyl (C=O) groups is 1. The fraction of sp³-hybridized carbons (Fsp3) is 0.136. The second-order valence-corrected chi connectivity index (χ2v) is 6.32. The Morgan fingerprint density at radius 1 is 0.931 bits per heavy atom. The lowest BCUT2D eigenvalue weighted by atomic mass is 10.2. The molecule has 0 aliphatic rings. The number of nitrogens with one attached hydrogen (secondary N) is 1. The lowest BCUT2D eigenvalue weighted by Crippen LogP contribution is -2.12. The number of anilines is 1. The standard InChI is InChI=1S/C22H19N3O4/c1-27-17-9-7-16(8-10-17)21-24-25-22(29-21)23-20(26)14-12-18-11-13-19(28-18)15-5-3-2-4-6-15/h2-11,13H,12,14H2,1H3,(H,23,25,26). The van der Waals surface area contributed by atoms with E-state index in [2.05, 4.69) is 15.5 Å². The number of carbonyl (C=O) groups excluding carboxylic acids is 1. The van der Waals surface area contributed by atoms with Crippen LogP contribution in [0.3, 0.4) is 0 Å². The van der Waals surface area contributed by atoms with Crippen LogP contribution in [0.4, 0.5) is 6.01 Å². The third-order valence-electron chi connectivity index (χ3n) is 4.33. The van der Waals surface area contributed by atoms with E-state index in [1.165, 1.54) is 0 Å². The smallest absolute Gasteiger partial charge is 0.322 e. The summed E-state index contributed by atoms with van der Waals surface area (Å²) < 4.78 is 16.4. The molecule has 0 unspecified atom stereocenters. The van der Waals surface area contributed by atoms with E-state index in [-0.39, 0.29) is 18.3 Å². The monoisotopic (exact) mass is 389 g/mol. The van der Waals surface area contributed by atoms with Gasteiger partial charge in [0.2, 0.25) is 11.8 Å². The Labute approximate surface area is 167 Å². The van der Waals surface area contributed by atoms with Crippen LogP contribution in [0.25, 0.3) is 22.8 Å². The number of benzene rings is 2. The van der Waals surface area contributed by atoms with Crippen LogP contribution < -0.4 is 10.1 Å². The predicted molar refractivity (Wildman–Crippen MR) is 107 cm³/mol. The van der Waals surface area contributed by atoms with E-state index in [1.54, 1.807) is 31.4 Å². The summed E-state index contributed by atoms with van der Waals surface area (Å²) in [6.45, 7) is 0. The summed E-state index contributed by atoms with van der Waals surface area (Å²) in [5, 5.41) is 10.4. The van der Waals surface area contributed by atoms with Gasteiger partial charge in [0.05, 0.1) is 7.11 Å². The minimum absolute atomic E-state index is 0.0604. The maximum absolute atomic E-state index is 12.2. The van der Waals surface area contributed by atoms with Crippen molar-refractivity contribution in [1.82, 2.24) is 10.2 Å². The Balaban J connectivity index is 1.32. The molecule has 2 aromatic heterocycles. The first kappa shape index (κ1) is 18.5. The number of aryl methyl sites for hydroxylation is 1. The van der Waals surface area contributed by atoms with Crippen LogP contribution in [0.15, 0.2) is 75.6 Å². The first-order valence-corrected chi connectivity index (χ1v) is 9.13. The molecule has 0 saturated carbocycles. The SMILES string of the molecule is COc1ccc(-c2nnc(NC(=O)CCc3ccc(-c4ccccc4)o3)o2)cc1. The van der Waals surface area contributed by atoms with Gasteiger partial charge in [-0.3, -0.25) is 10.1 Å². The molecule has 4 rings (SSSR count). The number of nitrogens with zero attached hydrogens (tertiary/aromatic N) is 2. The molecule has 0 fully saturated rings. The molecule has 146 valence electrons. The highest BCUT2D eigenvalue weighted by atomic mass is 16.5. The van der Waals surface area contributed by atoms with E-state index in [1.807, 2.05) is 42.5 Å². The van der Waals surface area contributed by atoms with Gasteiger partial charge >= 0.3 is 6.01 Å². The number of rotatable bonds is 7. The number of hydrogen-bond donors (Lipinski definition) is 1. The molecule has 4 aromatic rings. The summed E-state index contributed by atoms with van der Waals surface area (Å²) in [6, 6.07) is 20.9. The molecule has 0 bridgehead atoms. The summed E-state index contributed by atoms with van der Waals surface area (Å²) in [6.07, 6.45) is 0.708. The van der Waals surface area contributed by atoms with Crippen LogP contribution in [0, 0.1) is 0 Å². The molecule has 0 radical (unpaired) electrons. The van der Waals surface area contributed by atoms with E-state index in [4.69, 9.17) is 13.6 Å². The fourth-order valence-corrected chi connectivity index (χ4v) is 2.81. The highest BCUT2D eigenvalue weighted by Crippen LogP contribution is 2.24. The van der Waals surface area contributed by atoms with E-state index in [0.717, 1.165) is 28.4 Å². The van der Waals surface area contributed by atoms with Crippen LogP contribution in [-0.2, 0) is 11.2 Å². The van der Waals surface area contributed by atoms with Crippen molar-refractivity contribution in [1.29, 1.82) is 0 Å². The molecular formula is C22H19N3O4. The van der Waals surface area contributed by atoms with Crippen molar-refractivity contribution in [3.63, 3.8) is 0 Å². The zero-order valence-electron chi connectivity index (χ0n) is 15.8. The van der Waals surface area contributed by atoms with Crippen LogP contribution >= 0.6 is 0 Å². The zero-order chi connectivity index (χ0) is 20.1. The van der Waals surface area contributed by atoms with Gasteiger partial charge in [0.15, 0.2) is 0 Å². The number of aromatic nitrogens is 2. The molecule has 7 nitrogen and oxygen atoms in total. The van der Waals surface area contributed by atoms with Crippen molar-refractivity contribution >= 4 is 11.9 Å². The minimum Gasteiger partial charge on any atom is -0.497 e. The predicted octanol–water partition coefficient (Wildman–Crippen LogP) is 4.58. The van der Waals surface area contributed by atoms with Gasteiger partial charge in [-0.1, -0.05) is 35.4 Å². The van der Waals surface area contributed by atoms with Crippen LogP contribution in [0.1, 0.15) is 12.2 Å². The molecule has 2 heterocycles. The molecule has 0 saturated heterocycles. The molecule has 1 amide bonds. The van der Waals surface area contributed by atoms with Crippen molar-refractivity contribution in [2.45, 2.75) is 12.8 Å². The van der Waals surface area contributed by atoms with Crippen LogP contribution in [-0.4, -0.2) is 23.2 Å². The number of methoxy groups -OCH3 is 1. The summed E-state index contributed by atoms with van der Waals surface area (Å²) in [5.41, 5.74) is 1.74. The largest absolute Gasteiger partial charge is 0.497 e. The molecular weight excluding hydrogens is 370 g/mol. The van der Waals surface area contributed by atoms with E-state index in [0.29, 0.717) is 12.3 Å². The van der Waals surface area contributed by atoms with Crippen molar-refractivity contribution in [3.8, 4) is 28.5 Å². The minimum atomic E-state index is -0.229. The second kappa shape index (κ2) is 8.43. The van der Waals surface area contributed by atoms with Crippen molar-refractivity contribution in [2.24, 2.45) is 0 Å². The van der Waals surface area contributed by atoms with Gasteiger partial charge in [-0.25, -0.2) is 0 Å². The summed E-state index contributed by atoms with van der Waals surface area (Å²) in [4.78, 5) is 12.2. The van der Waals surface area contributed by atoms with Gasteiger partial charge in [0, 0.05) is 24.0 Å². The van der Waals surface area contributed by atoms with Gasteiger partial charge in [-0.15, -0.1) is 5.10 Å². The topological polar surface area (TPSA) is 90.4 Å². The molecule has 0 spiro atoms. The highest BCUT2D eigenvalue weighted by Gasteiger charge is 2.13. The normalized spacial score (nSPS) is 10.7. The first-order valence-electron chi connectivity index (χ1n) is 9.13. The van der Waals surface area contributed by atoms with Crippen LogP contribution in [0.5, 0.6) is 5.75 Å². The third kappa shape index (κ3) is 4.52. The zero-order valence-corrected chi connectivity index (χ0v) is 15.8. The van der Waals surface area contributed by atoms with Crippen molar-refractivity contribution < 1.29 is 18.4 Å². The molecule has 7 heteroatoms. The maximum atomic E-state index is 12.2. The fourth-order valence-electron chi connectivity index (χ4n) is 2.81. The van der Waals surface area contributed by atoms with Gasteiger partial charge in [-0.05, 0) is 36.4 Å². The van der Waals surface area contributed by atoms with Crippen molar-refractivity contribution in [2.75, 3.05) is 12.4 Å².